The lowest BCUT2D eigenvalue weighted by Crippen LogP contribution is -2.24. The molecule has 4 heteroatoms. The van der Waals surface area contributed by atoms with Crippen molar-refractivity contribution >= 4 is 17.4 Å². The number of rotatable bonds is 2. The number of nitrogens with zero attached hydrogens (tertiary/aromatic N) is 3. The summed E-state index contributed by atoms with van der Waals surface area (Å²) < 4.78 is 0. The first-order valence-electron chi connectivity index (χ1n) is 6.96. The molecule has 1 saturated heterocycles. The summed E-state index contributed by atoms with van der Waals surface area (Å²) in [5.41, 5.74) is 4.02. The molecule has 1 aliphatic heterocycles. The Bertz CT molecular complexity index is 627. The van der Waals surface area contributed by atoms with Gasteiger partial charge in [0.05, 0.1) is 12.2 Å². The standard InChI is InChI=1S/C16H18ClN3/c1-11-5-6-13(8-12(11)2)15-4-3-7-20(15)16-14(17)9-18-10-19-16/h5-6,8-10,15H,3-4,7H2,1-2H3. The lowest BCUT2D eigenvalue weighted by atomic mass is 9.99. The zero-order valence-electron chi connectivity index (χ0n) is 11.8. The third kappa shape index (κ3) is 2.38. The van der Waals surface area contributed by atoms with Crippen molar-refractivity contribution in [2.24, 2.45) is 0 Å². The molecular weight excluding hydrogens is 270 g/mol. The second-order valence-electron chi connectivity index (χ2n) is 5.39. The Morgan fingerprint density at radius 1 is 1.25 bits per heavy atom. The topological polar surface area (TPSA) is 29.0 Å². The maximum absolute atomic E-state index is 6.25. The van der Waals surface area contributed by atoms with Crippen LogP contribution in [-0.4, -0.2) is 16.5 Å². The van der Waals surface area contributed by atoms with Crippen LogP contribution in [0.25, 0.3) is 0 Å². The molecule has 0 saturated carbocycles. The highest BCUT2D eigenvalue weighted by atomic mass is 35.5. The molecule has 20 heavy (non-hydrogen) atoms. The van der Waals surface area contributed by atoms with E-state index in [1.54, 1.807) is 12.5 Å². The number of aromatic nitrogens is 2. The molecule has 0 aliphatic carbocycles. The molecule has 3 nitrogen and oxygen atoms in total. The molecule has 1 aromatic carbocycles. The fraction of sp³-hybridized carbons (Fsp3) is 0.375. The van der Waals surface area contributed by atoms with Gasteiger partial charge in [0.2, 0.25) is 0 Å². The van der Waals surface area contributed by atoms with Crippen molar-refractivity contribution in [3.63, 3.8) is 0 Å². The molecule has 104 valence electrons. The van der Waals surface area contributed by atoms with Crippen molar-refractivity contribution in [2.75, 3.05) is 11.4 Å². The number of benzene rings is 1. The Kier molecular flexibility index (Phi) is 3.62. The molecule has 1 aliphatic rings. The number of hydrogen-bond donors (Lipinski definition) is 0. The van der Waals surface area contributed by atoms with E-state index in [0.29, 0.717) is 11.1 Å². The predicted molar refractivity (Wildman–Crippen MR) is 82.3 cm³/mol. The lowest BCUT2D eigenvalue weighted by molar-refractivity contribution is 0.709. The summed E-state index contributed by atoms with van der Waals surface area (Å²) in [6, 6.07) is 7.07. The summed E-state index contributed by atoms with van der Waals surface area (Å²) in [5, 5.41) is 0.628. The third-order valence-electron chi connectivity index (χ3n) is 4.09. The Hall–Kier alpha value is -1.61. The molecule has 2 heterocycles. The molecule has 1 atom stereocenters. The van der Waals surface area contributed by atoms with Crippen LogP contribution in [-0.2, 0) is 0 Å². The maximum Gasteiger partial charge on any atom is 0.151 e. The average Bonchev–Trinajstić information content (AvgIpc) is 2.91. The predicted octanol–water partition coefficient (Wildman–Crippen LogP) is 4.09. The van der Waals surface area contributed by atoms with E-state index in [9.17, 15) is 0 Å². The summed E-state index contributed by atoms with van der Waals surface area (Å²) in [5.74, 6) is 0.849. The van der Waals surface area contributed by atoms with Crippen molar-refractivity contribution < 1.29 is 0 Å². The van der Waals surface area contributed by atoms with Gasteiger partial charge in [0.25, 0.3) is 0 Å². The van der Waals surface area contributed by atoms with E-state index < -0.39 is 0 Å². The van der Waals surface area contributed by atoms with Gasteiger partial charge in [-0.1, -0.05) is 29.8 Å². The Labute approximate surface area is 124 Å². The molecule has 2 aromatic rings. The summed E-state index contributed by atoms with van der Waals surface area (Å²) in [6.45, 7) is 5.30. The molecule has 1 unspecified atom stereocenters. The van der Waals surface area contributed by atoms with Crippen LogP contribution in [0.3, 0.4) is 0 Å². The van der Waals surface area contributed by atoms with Crippen molar-refractivity contribution in [1.82, 2.24) is 9.97 Å². The molecule has 0 spiro atoms. The fourth-order valence-corrected chi connectivity index (χ4v) is 3.07. The van der Waals surface area contributed by atoms with Gasteiger partial charge >= 0.3 is 0 Å². The van der Waals surface area contributed by atoms with Crippen molar-refractivity contribution in [2.45, 2.75) is 32.7 Å². The smallest absolute Gasteiger partial charge is 0.151 e. The van der Waals surface area contributed by atoms with Gasteiger partial charge in [-0.25, -0.2) is 9.97 Å². The molecule has 1 fully saturated rings. The number of aryl methyl sites for hydroxylation is 2. The van der Waals surface area contributed by atoms with E-state index in [2.05, 4.69) is 46.9 Å². The van der Waals surface area contributed by atoms with Crippen LogP contribution in [0, 0.1) is 13.8 Å². The van der Waals surface area contributed by atoms with Crippen LogP contribution in [0.2, 0.25) is 5.02 Å². The highest BCUT2D eigenvalue weighted by Gasteiger charge is 2.28. The minimum Gasteiger partial charge on any atom is -0.348 e. The third-order valence-corrected chi connectivity index (χ3v) is 4.36. The molecule has 0 N–H and O–H groups in total. The second-order valence-corrected chi connectivity index (χ2v) is 5.80. The average molecular weight is 288 g/mol. The van der Waals surface area contributed by atoms with Crippen LogP contribution in [0.4, 0.5) is 5.82 Å². The SMILES string of the molecule is Cc1ccc(C2CCCN2c2ncncc2Cl)cc1C. The highest BCUT2D eigenvalue weighted by Crippen LogP contribution is 2.38. The summed E-state index contributed by atoms with van der Waals surface area (Å²) in [7, 11) is 0. The van der Waals surface area contributed by atoms with Gasteiger partial charge in [-0.15, -0.1) is 0 Å². The molecule has 1 aromatic heterocycles. The normalized spacial score (nSPS) is 18.6. The second kappa shape index (κ2) is 5.41. The van der Waals surface area contributed by atoms with E-state index in [-0.39, 0.29) is 0 Å². The summed E-state index contributed by atoms with van der Waals surface area (Å²) in [4.78, 5) is 10.6. The van der Waals surface area contributed by atoms with Gasteiger partial charge in [-0.2, -0.15) is 0 Å². The highest BCUT2D eigenvalue weighted by molar-refractivity contribution is 6.32. The number of halogens is 1. The first-order valence-corrected chi connectivity index (χ1v) is 7.34. The Morgan fingerprint density at radius 2 is 2.10 bits per heavy atom. The van der Waals surface area contributed by atoms with Gasteiger partial charge in [-0.3, -0.25) is 0 Å². The van der Waals surface area contributed by atoms with Gasteiger partial charge in [-0.05, 0) is 43.4 Å². The van der Waals surface area contributed by atoms with Crippen molar-refractivity contribution in [3.8, 4) is 0 Å². The van der Waals surface area contributed by atoms with Crippen LogP contribution >= 0.6 is 11.6 Å². The Morgan fingerprint density at radius 3 is 2.85 bits per heavy atom. The van der Waals surface area contributed by atoms with Gasteiger partial charge in [0, 0.05) is 6.54 Å². The van der Waals surface area contributed by atoms with Crippen LogP contribution in [0.15, 0.2) is 30.7 Å². The monoisotopic (exact) mass is 287 g/mol. The zero-order chi connectivity index (χ0) is 14.1. The molecule has 0 bridgehead atoms. The zero-order valence-corrected chi connectivity index (χ0v) is 12.6. The number of hydrogen-bond acceptors (Lipinski definition) is 3. The fourth-order valence-electron chi connectivity index (χ4n) is 2.86. The van der Waals surface area contributed by atoms with E-state index in [1.165, 1.54) is 16.7 Å². The van der Waals surface area contributed by atoms with Gasteiger partial charge in [0.15, 0.2) is 5.82 Å². The van der Waals surface area contributed by atoms with Gasteiger partial charge < -0.3 is 4.90 Å². The lowest BCUT2D eigenvalue weighted by Gasteiger charge is -2.27. The summed E-state index contributed by atoms with van der Waals surface area (Å²) >= 11 is 6.25. The van der Waals surface area contributed by atoms with E-state index in [0.717, 1.165) is 25.2 Å². The molecule has 3 rings (SSSR count). The molecule has 0 amide bonds. The molecular formula is C16H18ClN3. The Balaban J connectivity index is 1.96. The first-order chi connectivity index (χ1) is 9.66. The van der Waals surface area contributed by atoms with E-state index >= 15 is 0 Å². The van der Waals surface area contributed by atoms with Crippen LogP contribution in [0.1, 0.15) is 35.6 Å². The minimum atomic E-state index is 0.363. The quantitative estimate of drug-likeness (QED) is 0.833. The number of anilines is 1. The largest absolute Gasteiger partial charge is 0.348 e. The van der Waals surface area contributed by atoms with Crippen LogP contribution < -0.4 is 4.90 Å². The maximum atomic E-state index is 6.25. The van der Waals surface area contributed by atoms with Crippen molar-refractivity contribution in [1.29, 1.82) is 0 Å². The van der Waals surface area contributed by atoms with Gasteiger partial charge in [0.1, 0.15) is 11.3 Å². The summed E-state index contributed by atoms with van der Waals surface area (Å²) in [6.07, 6.45) is 5.54. The van der Waals surface area contributed by atoms with Crippen LogP contribution in [0.5, 0.6) is 0 Å². The van der Waals surface area contributed by atoms with E-state index in [1.807, 2.05) is 0 Å². The van der Waals surface area contributed by atoms with Crippen molar-refractivity contribution in [3.05, 3.63) is 52.4 Å². The molecule has 0 radical (unpaired) electrons. The first kappa shape index (κ1) is 13.4. The minimum absolute atomic E-state index is 0.363. The van der Waals surface area contributed by atoms with E-state index in [4.69, 9.17) is 11.6 Å².